The summed E-state index contributed by atoms with van der Waals surface area (Å²) in [4.78, 5) is 12.1. The van der Waals surface area contributed by atoms with Crippen molar-refractivity contribution in [3.05, 3.63) is 41.2 Å². The molecule has 1 aromatic carbocycles. The van der Waals surface area contributed by atoms with Gasteiger partial charge < -0.3 is 16.8 Å². The fourth-order valence-corrected chi connectivity index (χ4v) is 2.86. The zero-order valence-electron chi connectivity index (χ0n) is 15.0. The van der Waals surface area contributed by atoms with Crippen molar-refractivity contribution in [3.63, 3.8) is 0 Å². The van der Waals surface area contributed by atoms with Crippen LogP contribution in [0.1, 0.15) is 63.0 Å². The monoisotopic (exact) mass is 329 g/mol. The highest BCUT2D eigenvalue weighted by Crippen LogP contribution is 2.23. The zero-order valence-corrected chi connectivity index (χ0v) is 15.0. The number of quaternary nitrogens is 1. The summed E-state index contributed by atoms with van der Waals surface area (Å²) in [5.74, 6) is 2.03. The Morgan fingerprint density at radius 2 is 1.46 bits per heavy atom. The first-order chi connectivity index (χ1) is 11.4. The van der Waals surface area contributed by atoms with Crippen LogP contribution in [0.5, 0.6) is 0 Å². The van der Waals surface area contributed by atoms with Gasteiger partial charge in [0.15, 0.2) is 5.82 Å². The van der Waals surface area contributed by atoms with Gasteiger partial charge in [0.05, 0.1) is 0 Å². The predicted molar refractivity (Wildman–Crippen MR) is 97.0 cm³/mol. The minimum absolute atomic E-state index is 0.171. The van der Waals surface area contributed by atoms with Crippen LogP contribution in [0.15, 0.2) is 24.3 Å². The maximum Gasteiger partial charge on any atom is 0.225 e. The zero-order chi connectivity index (χ0) is 17.7. The lowest BCUT2D eigenvalue weighted by Crippen LogP contribution is -2.85. The molecule has 6 heteroatoms. The fourth-order valence-electron chi connectivity index (χ4n) is 2.86. The van der Waals surface area contributed by atoms with Crippen molar-refractivity contribution < 1.29 is 5.32 Å². The maximum atomic E-state index is 5.64. The van der Waals surface area contributed by atoms with Gasteiger partial charge >= 0.3 is 0 Å². The molecule has 0 amide bonds. The number of rotatable bonds is 7. The second kappa shape index (κ2) is 8.06. The van der Waals surface area contributed by atoms with E-state index in [-0.39, 0.29) is 11.9 Å². The lowest BCUT2D eigenvalue weighted by atomic mass is 9.92. The smallest absolute Gasteiger partial charge is 0.225 e. The van der Waals surface area contributed by atoms with Crippen molar-refractivity contribution >= 4 is 11.9 Å². The molecule has 6 nitrogen and oxygen atoms in total. The van der Waals surface area contributed by atoms with Crippen LogP contribution in [0.3, 0.4) is 0 Å². The van der Waals surface area contributed by atoms with E-state index in [0.717, 1.165) is 6.42 Å². The Bertz CT molecular complexity index is 633. The third-order valence-electron chi connectivity index (χ3n) is 4.49. The first-order valence-electron chi connectivity index (χ1n) is 8.59. The molecular formula is C18H29N6+. The van der Waals surface area contributed by atoms with Crippen LogP contribution in [0.2, 0.25) is 0 Å². The molecule has 0 saturated carbocycles. The average molecular weight is 329 g/mol. The van der Waals surface area contributed by atoms with Crippen molar-refractivity contribution in [2.45, 2.75) is 52.6 Å². The summed E-state index contributed by atoms with van der Waals surface area (Å²) >= 11 is 0. The summed E-state index contributed by atoms with van der Waals surface area (Å²) in [7, 11) is 0. The Morgan fingerprint density at radius 3 is 1.96 bits per heavy atom. The van der Waals surface area contributed by atoms with E-state index in [1.54, 1.807) is 0 Å². The first kappa shape index (κ1) is 18.1. The minimum atomic E-state index is 0.171. The Labute approximate surface area is 144 Å². The van der Waals surface area contributed by atoms with Crippen molar-refractivity contribution in [1.82, 2.24) is 15.0 Å². The van der Waals surface area contributed by atoms with Crippen LogP contribution in [-0.2, 0) is 6.54 Å². The van der Waals surface area contributed by atoms with Gasteiger partial charge in [0.25, 0.3) is 0 Å². The van der Waals surface area contributed by atoms with Gasteiger partial charge in [-0.25, -0.2) is 0 Å². The van der Waals surface area contributed by atoms with Crippen LogP contribution < -0.4 is 16.8 Å². The molecular weight excluding hydrogens is 300 g/mol. The van der Waals surface area contributed by atoms with Crippen molar-refractivity contribution in [2.75, 3.05) is 11.5 Å². The Balaban J connectivity index is 2.11. The van der Waals surface area contributed by atoms with Crippen molar-refractivity contribution in [3.8, 4) is 0 Å². The highest BCUT2D eigenvalue weighted by molar-refractivity contribution is 5.27. The Hall–Kier alpha value is -2.21. The fraction of sp³-hybridized carbons (Fsp3) is 0.500. The van der Waals surface area contributed by atoms with Crippen molar-refractivity contribution in [2.24, 2.45) is 5.92 Å². The predicted octanol–water partition coefficient (Wildman–Crippen LogP) is 2.01. The summed E-state index contributed by atoms with van der Waals surface area (Å²) < 4.78 is 0. The number of aromatic nitrogens is 3. The topological polar surface area (TPSA) is 107 Å². The molecule has 0 saturated heterocycles. The molecule has 130 valence electrons. The number of nitrogens with two attached hydrogens (primary N) is 3. The summed E-state index contributed by atoms with van der Waals surface area (Å²) in [6.07, 6.45) is 1.15. The molecule has 2 atom stereocenters. The number of anilines is 2. The number of hydrogen-bond acceptors (Lipinski definition) is 5. The minimum Gasteiger partial charge on any atom is -0.368 e. The molecule has 1 aromatic heterocycles. The van der Waals surface area contributed by atoms with Crippen LogP contribution in [0, 0.1) is 5.92 Å². The van der Waals surface area contributed by atoms with Crippen LogP contribution in [0.25, 0.3) is 0 Å². The van der Waals surface area contributed by atoms with E-state index < -0.39 is 0 Å². The van der Waals surface area contributed by atoms with Crippen LogP contribution in [0.4, 0.5) is 11.9 Å². The highest BCUT2D eigenvalue weighted by atomic mass is 15.2. The van der Waals surface area contributed by atoms with Gasteiger partial charge in [0, 0.05) is 11.5 Å². The molecule has 0 aliphatic carbocycles. The molecule has 0 spiro atoms. The molecule has 2 rings (SSSR count). The lowest BCUT2D eigenvalue weighted by molar-refractivity contribution is -0.718. The Kier molecular flexibility index (Phi) is 6.09. The summed E-state index contributed by atoms with van der Waals surface area (Å²) in [6, 6.07) is 9.28. The number of nitrogens with zero attached hydrogens (tertiary/aromatic N) is 3. The van der Waals surface area contributed by atoms with Gasteiger partial charge in [-0.3, -0.25) is 0 Å². The van der Waals surface area contributed by atoms with Gasteiger partial charge in [0.2, 0.25) is 11.9 Å². The molecule has 0 aliphatic rings. The van der Waals surface area contributed by atoms with Crippen LogP contribution >= 0.6 is 0 Å². The highest BCUT2D eigenvalue weighted by Gasteiger charge is 2.20. The molecule has 0 bridgehead atoms. The molecule has 0 unspecified atom stereocenters. The second-order valence-electron chi connectivity index (χ2n) is 6.65. The maximum absolute atomic E-state index is 5.64. The molecule has 1 heterocycles. The molecule has 0 aliphatic heterocycles. The average Bonchev–Trinajstić information content (AvgIpc) is 2.53. The number of nitrogen functional groups attached to an aromatic ring is 2. The molecule has 0 fully saturated rings. The SMILES string of the molecule is CC[C@H](C)c1ccc([C@@H]([NH2+]Cc2nc(N)nc(N)n2)C(C)C)cc1. The Morgan fingerprint density at radius 1 is 0.917 bits per heavy atom. The molecule has 2 aromatic rings. The van der Waals surface area contributed by atoms with Crippen LogP contribution in [-0.4, -0.2) is 15.0 Å². The summed E-state index contributed by atoms with van der Waals surface area (Å²) in [5, 5.41) is 2.23. The van der Waals surface area contributed by atoms with E-state index in [2.05, 4.69) is 72.2 Å². The van der Waals surface area contributed by atoms with Crippen molar-refractivity contribution in [1.29, 1.82) is 0 Å². The lowest BCUT2D eigenvalue weighted by Gasteiger charge is -2.20. The van der Waals surface area contributed by atoms with Gasteiger partial charge in [0.1, 0.15) is 12.6 Å². The largest absolute Gasteiger partial charge is 0.368 e. The van der Waals surface area contributed by atoms with Gasteiger partial charge in [-0.05, 0) is 17.9 Å². The number of hydrogen-bond donors (Lipinski definition) is 3. The first-order valence-corrected chi connectivity index (χ1v) is 8.59. The number of benzene rings is 1. The summed E-state index contributed by atoms with van der Waals surface area (Å²) in [6.45, 7) is 9.54. The van der Waals surface area contributed by atoms with E-state index in [9.17, 15) is 0 Å². The standard InChI is InChI=1S/C18H28N6/c1-5-12(4)13-6-8-14(9-7-13)16(11(2)3)21-10-15-22-17(19)24-18(20)23-15/h6-9,11-12,16,21H,5,10H2,1-4H3,(H4,19,20,22,23,24)/p+1/t12-,16-/m0/s1. The normalized spacial score (nSPS) is 13.9. The quantitative estimate of drug-likeness (QED) is 0.720. The third-order valence-corrected chi connectivity index (χ3v) is 4.49. The van der Waals surface area contributed by atoms with E-state index >= 15 is 0 Å². The second-order valence-corrected chi connectivity index (χ2v) is 6.65. The van der Waals surface area contributed by atoms with Gasteiger partial charge in [-0.2, -0.15) is 15.0 Å². The molecule has 6 N–H and O–H groups in total. The van der Waals surface area contributed by atoms with E-state index in [4.69, 9.17) is 11.5 Å². The van der Waals surface area contributed by atoms with E-state index in [0.29, 0.717) is 30.2 Å². The van der Waals surface area contributed by atoms with Gasteiger partial charge in [-0.1, -0.05) is 52.0 Å². The van der Waals surface area contributed by atoms with Gasteiger partial charge in [-0.15, -0.1) is 0 Å². The van der Waals surface area contributed by atoms with E-state index in [1.165, 1.54) is 11.1 Å². The molecule has 0 radical (unpaired) electrons. The summed E-state index contributed by atoms with van der Waals surface area (Å²) in [5.41, 5.74) is 14.0. The molecule has 24 heavy (non-hydrogen) atoms. The van der Waals surface area contributed by atoms with E-state index in [1.807, 2.05) is 0 Å². The third kappa shape index (κ3) is 4.64.